The van der Waals surface area contributed by atoms with E-state index in [2.05, 4.69) is 16.8 Å². The average Bonchev–Trinajstić information content (AvgIpc) is 3.41. The lowest BCUT2D eigenvalue weighted by Gasteiger charge is -2.23. The van der Waals surface area contributed by atoms with E-state index in [1.807, 2.05) is 66.2 Å². The van der Waals surface area contributed by atoms with Crippen LogP contribution in [0.5, 0.6) is 0 Å². The molecule has 2 aliphatic rings. The number of nitrogens with zero attached hydrogens (tertiary/aromatic N) is 3. The fraction of sp³-hybridized carbons (Fsp3) is 0.250. The van der Waals surface area contributed by atoms with Gasteiger partial charge in [-0.25, -0.2) is 4.68 Å². The molecule has 3 heterocycles. The van der Waals surface area contributed by atoms with Crippen molar-refractivity contribution in [2.75, 3.05) is 17.2 Å². The smallest absolute Gasteiger partial charge is 0.240 e. The number of carbonyl (C=O) groups is 2. The number of aryl methyl sites for hydroxylation is 1. The van der Waals surface area contributed by atoms with Gasteiger partial charge in [-0.3, -0.25) is 14.5 Å². The van der Waals surface area contributed by atoms with E-state index in [0.717, 1.165) is 45.8 Å². The Morgan fingerprint density at radius 3 is 2.54 bits per heavy atom. The Bertz CT molecular complexity index is 1440. The first-order valence-electron chi connectivity index (χ1n) is 12.2. The number of aromatic nitrogens is 2. The van der Waals surface area contributed by atoms with Crippen LogP contribution in [0.2, 0.25) is 5.02 Å². The normalized spacial score (nSPS) is 17.4. The molecule has 0 spiro atoms. The molecule has 6 rings (SSSR count). The molecule has 1 aliphatic carbocycles. The summed E-state index contributed by atoms with van der Waals surface area (Å²) in [7, 11) is 0. The fourth-order valence-corrected chi connectivity index (χ4v) is 6.82. The maximum Gasteiger partial charge on any atom is 0.240 e. The lowest BCUT2D eigenvalue weighted by molar-refractivity contribution is -0.123. The molecule has 1 saturated carbocycles. The van der Waals surface area contributed by atoms with Gasteiger partial charge in [0.2, 0.25) is 11.8 Å². The second-order valence-corrected chi connectivity index (χ2v) is 11.9. The third-order valence-electron chi connectivity index (χ3n) is 6.53. The van der Waals surface area contributed by atoms with Crippen molar-refractivity contribution in [1.29, 1.82) is 0 Å². The minimum Gasteiger partial charge on any atom is -0.352 e. The van der Waals surface area contributed by atoms with E-state index in [9.17, 15) is 9.59 Å². The topological polar surface area (TPSA) is 67.2 Å². The molecule has 1 fully saturated rings. The Morgan fingerprint density at radius 1 is 1.11 bits per heavy atom. The minimum atomic E-state index is -0.147. The summed E-state index contributed by atoms with van der Waals surface area (Å²) in [4.78, 5) is 29.4. The van der Waals surface area contributed by atoms with E-state index < -0.39 is 0 Å². The zero-order chi connectivity index (χ0) is 25.5. The minimum absolute atomic E-state index is 0.0440. The number of thioether (sulfide) groups is 1. The monoisotopic (exact) mass is 548 g/mol. The second kappa shape index (κ2) is 10.0. The second-order valence-electron chi connectivity index (χ2n) is 9.37. The quantitative estimate of drug-likeness (QED) is 0.320. The average molecular weight is 549 g/mol. The van der Waals surface area contributed by atoms with E-state index in [-0.39, 0.29) is 35.4 Å². The Hall–Kier alpha value is -3.07. The Morgan fingerprint density at radius 2 is 1.86 bits per heavy atom. The molecule has 2 aromatic heterocycles. The zero-order valence-electron chi connectivity index (χ0n) is 20.2. The molecule has 0 saturated heterocycles. The molecule has 0 radical (unpaired) electrons. The highest BCUT2D eigenvalue weighted by Crippen LogP contribution is 2.49. The van der Waals surface area contributed by atoms with Crippen molar-refractivity contribution < 1.29 is 9.59 Å². The molecule has 37 heavy (non-hydrogen) atoms. The van der Waals surface area contributed by atoms with Crippen LogP contribution in [0.1, 0.15) is 34.1 Å². The molecule has 9 heteroatoms. The molecule has 1 atom stereocenters. The highest BCUT2D eigenvalue weighted by Gasteiger charge is 2.38. The van der Waals surface area contributed by atoms with Crippen LogP contribution in [0, 0.1) is 6.92 Å². The molecule has 1 N–H and O–H groups in total. The van der Waals surface area contributed by atoms with E-state index in [4.69, 9.17) is 16.7 Å². The zero-order valence-corrected chi connectivity index (χ0v) is 22.6. The Kier molecular flexibility index (Phi) is 6.56. The van der Waals surface area contributed by atoms with Gasteiger partial charge in [0.05, 0.1) is 22.4 Å². The number of amides is 2. The molecule has 6 nitrogen and oxygen atoms in total. The Labute approximate surface area is 228 Å². The third-order valence-corrected chi connectivity index (χ3v) is 9.11. The van der Waals surface area contributed by atoms with Crippen molar-refractivity contribution in [2.24, 2.45) is 0 Å². The lowest BCUT2D eigenvalue weighted by atomic mass is 10.0. The van der Waals surface area contributed by atoms with Crippen molar-refractivity contribution in [1.82, 2.24) is 15.1 Å². The Balaban J connectivity index is 1.59. The maximum absolute atomic E-state index is 13.6. The van der Waals surface area contributed by atoms with Crippen LogP contribution in [-0.4, -0.2) is 39.9 Å². The van der Waals surface area contributed by atoms with Crippen molar-refractivity contribution in [3.63, 3.8) is 0 Å². The van der Waals surface area contributed by atoms with Gasteiger partial charge >= 0.3 is 0 Å². The predicted octanol–water partition coefficient (Wildman–Crippen LogP) is 6.01. The van der Waals surface area contributed by atoms with Crippen LogP contribution in [0.4, 0.5) is 5.82 Å². The first kappa shape index (κ1) is 24.3. The molecule has 2 amide bonds. The number of thiophene rings is 1. The number of rotatable bonds is 6. The SMILES string of the molecule is Cc1ccc(-n2nc(-c3ccc(Cl)cc3)c3c2N(CC(=O)NC2CC2)C(=O)CSC3c2cccs2)cc1. The summed E-state index contributed by atoms with van der Waals surface area (Å²) in [5, 5.41) is 10.7. The largest absolute Gasteiger partial charge is 0.352 e. The number of nitrogens with one attached hydrogen (secondary N) is 1. The van der Waals surface area contributed by atoms with Crippen LogP contribution in [0.25, 0.3) is 16.9 Å². The molecular weight excluding hydrogens is 524 g/mol. The van der Waals surface area contributed by atoms with Crippen LogP contribution in [0.15, 0.2) is 66.0 Å². The summed E-state index contributed by atoms with van der Waals surface area (Å²) in [6.45, 7) is 1.99. The summed E-state index contributed by atoms with van der Waals surface area (Å²) in [5.74, 6) is 0.661. The predicted molar refractivity (Wildman–Crippen MR) is 151 cm³/mol. The van der Waals surface area contributed by atoms with Gasteiger partial charge in [0.15, 0.2) is 0 Å². The number of benzene rings is 2. The van der Waals surface area contributed by atoms with Gasteiger partial charge in [0.1, 0.15) is 12.4 Å². The number of anilines is 1. The van der Waals surface area contributed by atoms with Crippen molar-refractivity contribution in [2.45, 2.75) is 31.1 Å². The highest BCUT2D eigenvalue weighted by molar-refractivity contribution is 8.00. The molecule has 4 aromatic rings. The van der Waals surface area contributed by atoms with Gasteiger partial charge in [-0.05, 0) is 55.5 Å². The maximum atomic E-state index is 13.6. The van der Waals surface area contributed by atoms with Gasteiger partial charge in [0.25, 0.3) is 0 Å². The van der Waals surface area contributed by atoms with E-state index in [1.165, 1.54) is 0 Å². The summed E-state index contributed by atoms with van der Waals surface area (Å²) >= 11 is 9.46. The first-order valence-corrected chi connectivity index (χ1v) is 14.5. The van der Waals surface area contributed by atoms with Gasteiger partial charge in [-0.15, -0.1) is 23.1 Å². The fourth-order valence-electron chi connectivity index (χ4n) is 4.52. The van der Waals surface area contributed by atoms with Gasteiger partial charge < -0.3 is 5.32 Å². The van der Waals surface area contributed by atoms with E-state index in [1.54, 1.807) is 28.0 Å². The third kappa shape index (κ3) is 4.93. The van der Waals surface area contributed by atoms with E-state index in [0.29, 0.717) is 10.8 Å². The highest BCUT2D eigenvalue weighted by atomic mass is 35.5. The van der Waals surface area contributed by atoms with Crippen LogP contribution in [0.3, 0.4) is 0 Å². The molecular formula is C28H25ClN4O2S2. The number of halogens is 1. The van der Waals surface area contributed by atoms with Gasteiger partial charge in [0, 0.05) is 27.1 Å². The van der Waals surface area contributed by atoms with Gasteiger partial charge in [-0.1, -0.05) is 47.5 Å². The van der Waals surface area contributed by atoms with Crippen LogP contribution < -0.4 is 10.2 Å². The molecule has 1 unspecified atom stereocenters. The summed E-state index contributed by atoms with van der Waals surface area (Å²) < 4.78 is 1.83. The molecule has 2 aromatic carbocycles. The number of fused-ring (bicyclic) bond motifs is 1. The van der Waals surface area contributed by atoms with Crippen molar-refractivity contribution >= 4 is 52.3 Å². The number of carbonyl (C=O) groups excluding carboxylic acids is 2. The van der Waals surface area contributed by atoms with Crippen molar-refractivity contribution in [3.8, 4) is 16.9 Å². The van der Waals surface area contributed by atoms with Crippen molar-refractivity contribution in [3.05, 3.63) is 87.1 Å². The van der Waals surface area contributed by atoms with Crippen LogP contribution >= 0.6 is 34.7 Å². The molecule has 0 bridgehead atoms. The molecule has 1 aliphatic heterocycles. The van der Waals surface area contributed by atoms with Gasteiger partial charge in [-0.2, -0.15) is 5.10 Å². The number of hydrogen-bond donors (Lipinski definition) is 1. The molecule has 188 valence electrons. The lowest BCUT2D eigenvalue weighted by Crippen LogP contribution is -2.43. The van der Waals surface area contributed by atoms with Crippen LogP contribution in [-0.2, 0) is 9.59 Å². The standard InChI is InChI=1S/C28H25ClN4O2S2/c1-17-4-12-21(13-5-17)33-28-25(26(31-33)18-6-8-19(29)9-7-18)27(22-3-2-14-36-22)37-16-24(35)32(28)15-23(34)30-20-10-11-20/h2-9,12-14,20,27H,10-11,15-16H2,1H3,(H,30,34). The summed E-state index contributed by atoms with van der Waals surface area (Å²) in [6.07, 6.45) is 1.98. The number of hydrogen-bond acceptors (Lipinski definition) is 5. The summed E-state index contributed by atoms with van der Waals surface area (Å²) in [6, 6.07) is 20.0. The van der Waals surface area contributed by atoms with E-state index >= 15 is 0 Å². The first-order chi connectivity index (χ1) is 18.0. The summed E-state index contributed by atoms with van der Waals surface area (Å²) in [5.41, 5.74) is 4.58.